The number of benzene rings is 2. The fourth-order valence-electron chi connectivity index (χ4n) is 3.07. The molecule has 2 aromatic carbocycles. The van der Waals surface area contributed by atoms with Crippen molar-refractivity contribution >= 4 is 17.6 Å². The third kappa shape index (κ3) is 3.82. The summed E-state index contributed by atoms with van der Waals surface area (Å²) in [6.45, 7) is 2.32. The van der Waals surface area contributed by atoms with E-state index in [1.807, 2.05) is 49.4 Å². The summed E-state index contributed by atoms with van der Waals surface area (Å²) in [7, 11) is 1.56. The van der Waals surface area contributed by atoms with Crippen molar-refractivity contribution in [3.63, 3.8) is 0 Å². The van der Waals surface area contributed by atoms with E-state index in [1.165, 1.54) is 0 Å². The number of hydrogen-bond donors (Lipinski definition) is 0. The Labute approximate surface area is 147 Å². The van der Waals surface area contributed by atoms with Gasteiger partial charge in [0.15, 0.2) is 6.61 Å². The topological polar surface area (TPSA) is 55.8 Å². The van der Waals surface area contributed by atoms with Crippen molar-refractivity contribution in [3.05, 3.63) is 59.2 Å². The van der Waals surface area contributed by atoms with E-state index in [2.05, 4.69) is 0 Å². The second-order valence-corrected chi connectivity index (χ2v) is 6.08. The molecule has 0 atom stereocenters. The minimum Gasteiger partial charge on any atom is -0.496 e. The predicted molar refractivity (Wildman–Crippen MR) is 94.9 cm³/mol. The Morgan fingerprint density at radius 2 is 1.96 bits per heavy atom. The summed E-state index contributed by atoms with van der Waals surface area (Å²) in [6.07, 6.45) is 0.908. The van der Waals surface area contributed by atoms with Gasteiger partial charge in [-0.1, -0.05) is 35.9 Å². The molecule has 0 bridgehead atoms. The van der Waals surface area contributed by atoms with Crippen molar-refractivity contribution in [2.75, 3.05) is 25.2 Å². The van der Waals surface area contributed by atoms with Gasteiger partial charge >= 0.3 is 5.97 Å². The number of ether oxygens (including phenoxy) is 2. The largest absolute Gasteiger partial charge is 0.496 e. The Balaban J connectivity index is 1.58. The lowest BCUT2D eigenvalue weighted by molar-refractivity contribution is -0.147. The van der Waals surface area contributed by atoms with Gasteiger partial charge in [-0.2, -0.15) is 0 Å². The lowest BCUT2D eigenvalue weighted by Gasteiger charge is -2.17. The van der Waals surface area contributed by atoms with Crippen LogP contribution in [0, 0.1) is 6.92 Å². The summed E-state index contributed by atoms with van der Waals surface area (Å²) in [6, 6.07) is 13.4. The summed E-state index contributed by atoms with van der Waals surface area (Å²) >= 11 is 0. The van der Waals surface area contributed by atoms with Gasteiger partial charge in [0, 0.05) is 17.8 Å². The van der Waals surface area contributed by atoms with Crippen LogP contribution in [0.2, 0.25) is 0 Å². The average Bonchev–Trinajstić information content (AvgIpc) is 3.04. The van der Waals surface area contributed by atoms with Crippen LogP contribution in [0.3, 0.4) is 0 Å². The Morgan fingerprint density at radius 3 is 2.76 bits per heavy atom. The number of methoxy groups -OCH3 is 1. The van der Waals surface area contributed by atoms with Gasteiger partial charge in [0.2, 0.25) is 0 Å². The van der Waals surface area contributed by atoms with E-state index in [9.17, 15) is 9.59 Å². The second-order valence-electron chi connectivity index (χ2n) is 6.08. The third-order valence-corrected chi connectivity index (χ3v) is 4.32. The Bertz CT molecular complexity index is 800. The van der Waals surface area contributed by atoms with Crippen molar-refractivity contribution in [3.8, 4) is 5.75 Å². The molecule has 0 unspecified atom stereocenters. The van der Waals surface area contributed by atoms with Crippen LogP contribution in [0.5, 0.6) is 5.75 Å². The smallest absolute Gasteiger partial charge is 0.310 e. The molecule has 1 heterocycles. The number of carbonyl (C=O) groups excluding carboxylic acids is 2. The minimum absolute atomic E-state index is 0.0781. The van der Waals surface area contributed by atoms with Crippen molar-refractivity contribution in [1.29, 1.82) is 0 Å². The molecule has 5 nitrogen and oxygen atoms in total. The number of anilines is 1. The molecule has 2 aromatic rings. The molecule has 0 fully saturated rings. The number of esters is 1. The van der Waals surface area contributed by atoms with E-state index in [-0.39, 0.29) is 18.9 Å². The highest BCUT2D eigenvalue weighted by Gasteiger charge is 2.25. The zero-order valence-corrected chi connectivity index (χ0v) is 14.5. The minimum atomic E-state index is -0.440. The molecule has 25 heavy (non-hydrogen) atoms. The normalized spacial score (nSPS) is 12.6. The highest BCUT2D eigenvalue weighted by Crippen LogP contribution is 2.27. The quantitative estimate of drug-likeness (QED) is 0.786. The van der Waals surface area contributed by atoms with Crippen LogP contribution in [0.4, 0.5) is 5.69 Å². The van der Waals surface area contributed by atoms with Gasteiger partial charge < -0.3 is 14.4 Å². The van der Waals surface area contributed by atoms with E-state index >= 15 is 0 Å². The predicted octanol–water partition coefficient (Wildman–Crippen LogP) is 2.68. The van der Waals surface area contributed by atoms with Gasteiger partial charge in [-0.3, -0.25) is 9.59 Å². The van der Waals surface area contributed by atoms with Crippen molar-refractivity contribution in [2.45, 2.75) is 19.8 Å². The van der Waals surface area contributed by atoms with Gasteiger partial charge in [-0.15, -0.1) is 0 Å². The first-order valence-electron chi connectivity index (χ1n) is 8.26. The molecular formula is C20H21NO4. The van der Waals surface area contributed by atoms with Gasteiger partial charge in [-0.05, 0) is 31.0 Å². The monoisotopic (exact) mass is 339 g/mol. The molecule has 0 aliphatic carbocycles. The maximum absolute atomic E-state index is 12.4. The van der Waals surface area contributed by atoms with Crippen molar-refractivity contribution < 1.29 is 19.1 Å². The number of fused-ring (bicyclic) bond motifs is 1. The standard InChI is InChI=1S/C20H21NO4/c1-14-7-8-18(24-2)16(11-14)12-20(23)25-13-19(22)21-10-9-15-5-3-4-6-17(15)21/h3-8,11H,9-10,12-13H2,1-2H3. The summed E-state index contributed by atoms with van der Waals surface area (Å²) in [5.41, 5.74) is 3.84. The molecule has 1 aliphatic rings. The Hall–Kier alpha value is -2.82. The zero-order valence-electron chi connectivity index (χ0n) is 14.5. The molecule has 1 aliphatic heterocycles. The molecule has 0 saturated carbocycles. The van der Waals surface area contributed by atoms with Gasteiger partial charge in [0.1, 0.15) is 5.75 Å². The van der Waals surface area contributed by atoms with E-state index in [4.69, 9.17) is 9.47 Å². The third-order valence-electron chi connectivity index (χ3n) is 4.32. The fraction of sp³-hybridized carbons (Fsp3) is 0.300. The number of nitrogens with zero attached hydrogens (tertiary/aromatic N) is 1. The molecule has 0 spiro atoms. The number of carbonyl (C=O) groups is 2. The molecule has 5 heteroatoms. The lowest BCUT2D eigenvalue weighted by atomic mass is 10.1. The molecule has 0 radical (unpaired) electrons. The summed E-state index contributed by atoms with van der Waals surface area (Å²) in [4.78, 5) is 26.2. The molecule has 1 amide bonds. The number of rotatable bonds is 5. The van der Waals surface area contributed by atoms with Gasteiger partial charge in [0.05, 0.1) is 13.5 Å². The highest BCUT2D eigenvalue weighted by molar-refractivity contribution is 5.97. The Morgan fingerprint density at radius 1 is 1.16 bits per heavy atom. The fourth-order valence-corrected chi connectivity index (χ4v) is 3.07. The van der Waals surface area contributed by atoms with Crippen LogP contribution in [0.1, 0.15) is 16.7 Å². The van der Waals surface area contributed by atoms with Crippen molar-refractivity contribution in [1.82, 2.24) is 0 Å². The van der Waals surface area contributed by atoms with Crippen molar-refractivity contribution in [2.24, 2.45) is 0 Å². The van der Waals surface area contributed by atoms with E-state index < -0.39 is 5.97 Å². The average molecular weight is 339 g/mol. The first-order valence-corrected chi connectivity index (χ1v) is 8.26. The van der Waals surface area contributed by atoms with Gasteiger partial charge in [0.25, 0.3) is 5.91 Å². The summed E-state index contributed by atoms with van der Waals surface area (Å²) < 4.78 is 10.5. The number of para-hydroxylation sites is 1. The lowest BCUT2D eigenvalue weighted by Crippen LogP contribution is -2.33. The number of hydrogen-bond acceptors (Lipinski definition) is 4. The van der Waals surface area contributed by atoms with Crippen LogP contribution >= 0.6 is 0 Å². The van der Waals surface area contributed by atoms with E-state index in [1.54, 1.807) is 12.0 Å². The molecule has 0 aromatic heterocycles. The number of aryl methyl sites for hydroxylation is 1. The maximum atomic E-state index is 12.4. The van der Waals surface area contributed by atoms with Crippen LogP contribution in [-0.4, -0.2) is 32.1 Å². The van der Waals surface area contributed by atoms with Crippen LogP contribution in [0.15, 0.2) is 42.5 Å². The van der Waals surface area contributed by atoms with Crippen LogP contribution < -0.4 is 9.64 Å². The molecular weight excluding hydrogens is 318 g/mol. The molecule has 0 saturated heterocycles. The summed E-state index contributed by atoms with van der Waals surface area (Å²) in [5, 5.41) is 0. The van der Waals surface area contributed by atoms with E-state index in [0.717, 1.165) is 28.8 Å². The van der Waals surface area contributed by atoms with E-state index in [0.29, 0.717) is 12.3 Å². The number of amides is 1. The van der Waals surface area contributed by atoms with Crippen LogP contribution in [-0.2, 0) is 27.2 Å². The molecule has 3 rings (SSSR count). The molecule has 0 N–H and O–H groups in total. The maximum Gasteiger partial charge on any atom is 0.310 e. The first-order chi connectivity index (χ1) is 12.1. The Kier molecular flexibility index (Phi) is 5.03. The van der Waals surface area contributed by atoms with Crippen LogP contribution in [0.25, 0.3) is 0 Å². The summed E-state index contributed by atoms with van der Waals surface area (Å²) in [5.74, 6) is 0.00147. The SMILES string of the molecule is COc1ccc(C)cc1CC(=O)OCC(=O)N1CCc2ccccc21. The first kappa shape index (κ1) is 17.0. The zero-order chi connectivity index (χ0) is 17.8. The second kappa shape index (κ2) is 7.38. The highest BCUT2D eigenvalue weighted by atomic mass is 16.5. The molecule has 130 valence electrons. The van der Waals surface area contributed by atoms with Gasteiger partial charge in [-0.25, -0.2) is 0 Å².